The van der Waals surface area contributed by atoms with Crippen molar-refractivity contribution >= 4 is 5.97 Å². The van der Waals surface area contributed by atoms with E-state index in [2.05, 4.69) is 0 Å². The summed E-state index contributed by atoms with van der Waals surface area (Å²) in [5, 5.41) is 9.61. The molecule has 0 aromatic heterocycles. The van der Waals surface area contributed by atoms with Gasteiger partial charge in [-0.05, 0) is 0 Å². The molecule has 0 amide bonds. The second-order valence-corrected chi connectivity index (χ2v) is 4.23. The number of rotatable bonds is 6. The molecule has 0 aliphatic carbocycles. The Bertz CT molecular complexity index is 536. The van der Waals surface area contributed by atoms with E-state index < -0.39 is 47.7 Å². The standard InChI is InChI=1S/C8HF15O2.Cr/c9-2(10,1(24)25)3(11,12)4(13,14)5(15,16)6(17,18)7(19,20)8(21,22)23;/h(H,24,25);/q;+3/p-1. The van der Waals surface area contributed by atoms with Crippen molar-refractivity contribution in [1.82, 2.24) is 0 Å². The summed E-state index contributed by atoms with van der Waals surface area (Å²) in [6.45, 7) is 0. The molecular formula is C8CrF15O2+2. The molecule has 0 heterocycles. The minimum atomic E-state index is -8.50. The molecule has 0 bridgehead atoms. The molecule has 0 spiro atoms. The van der Waals surface area contributed by atoms with Crippen LogP contribution >= 0.6 is 0 Å². The van der Waals surface area contributed by atoms with Crippen molar-refractivity contribution < 1.29 is 93.1 Å². The van der Waals surface area contributed by atoms with Gasteiger partial charge in [0.15, 0.2) is 0 Å². The molecule has 153 valence electrons. The van der Waals surface area contributed by atoms with Crippen LogP contribution in [0.2, 0.25) is 0 Å². The molecule has 2 nitrogen and oxygen atoms in total. The summed E-state index contributed by atoms with van der Waals surface area (Å²) < 4.78 is 186. The first-order chi connectivity index (χ1) is 10.4. The van der Waals surface area contributed by atoms with Crippen LogP contribution in [0.25, 0.3) is 0 Å². The maximum atomic E-state index is 12.8. The number of hydrogen-bond donors (Lipinski definition) is 0. The van der Waals surface area contributed by atoms with Crippen molar-refractivity contribution in [2.45, 2.75) is 41.7 Å². The SMILES string of the molecule is O=C([O-])C(F)(F)C(F)(F)C(F)(F)C(F)(F)C(F)(F)C(F)(F)C(F)(F)F.[Cr+3]. The molecule has 0 aliphatic heterocycles. The van der Waals surface area contributed by atoms with E-state index in [1.165, 1.54) is 0 Å². The fourth-order valence-corrected chi connectivity index (χ4v) is 1.09. The van der Waals surface area contributed by atoms with Gasteiger partial charge in [-0.1, -0.05) is 0 Å². The molecule has 0 aliphatic rings. The molecular weight excluding hydrogens is 465 g/mol. The quantitative estimate of drug-likeness (QED) is 0.567. The van der Waals surface area contributed by atoms with Crippen molar-refractivity contribution in [1.29, 1.82) is 0 Å². The minimum Gasteiger partial charge on any atom is -0.544 e. The average Bonchev–Trinajstić information content (AvgIpc) is 2.35. The van der Waals surface area contributed by atoms with Crippen LogP contribution in [0.4, 0.5) is 65.9 Å². The van der Waals surface area contributed by atoms with Crippen molar-refractivity contribution in [3.05, 3.63) is 0 Å². The van der Waals surface area contributed by atoms with Gasteiger partial charge in [-0.15, -0.1) is 0 Å². The molecule has 0 atom stereocenters. The first kappa shape index (κ1) is 27.2. The van der Waals surface area contributed by atoms with Crippen LogP contribution in [0.3, 0.4) is 0 Å². The van der Waals surface area contributed by atoms with Crippen LogP contribution in [0, 0.1) is 0 Å². The summed E-state index contributed by atoms with van der Waals surface area (Å²) in [7, 11) is 0. The zero-order valence-electron chi connectivity index (χ0n) is 10.9. The van der Waals surface area contributed by atoms with Crippen molar-refractivity contribution in [3.8, 4) is 0 Å². The Morgan fingerprint density at radius 2 is 0.731 bits per heavy atom. The molecule has 0 aromatic carbocycles. The molecule has 0 N–H and O–H groups in total. The van der Waals surface area contributed by atoms with Gasteiger partial charge >= 0.3 is 59.1 Å². The summed E-state index contributed by atoms with van der Waals surface area (Å²) >= 11 is 0. The van der Waals surface area contributed by atoms with E-state index in [9.17, 15) is 75.8 Å². The third kappa shape index (κ3) is 3.18. The number of aliphatic carboxylic acids is 1. The van der Waals surface area contributed by atoms with Crippen LogP contribution < -0.4 is 5.11 Å². The number of carboxylic acids is 1. The maximum Gasteiger partial charge on any atom is 3.00 e. The van der Waals surface area contributed by atoms with Crippen molar-refractivity contribution in [3.63, 3.8) is 0 Å². The molecule has 0 saturated carbocycles. The van der Waals surface area contributed by atoms with Gasteiger partial charge in [0.05, 0.1) is 0 Å². The van der Waals surface area contributed by atoms with Gasteiger partial charge in [0.2, 0.25) is 0 Å². The normalized spacial score (nSPS) is 15.5. The van der Waals surface area contributed by atoms with E-state index in [4.69, 9.17) is 0 Å². The summed E-state index contributed by atoms with van der Waals surface area (Å²) in [5.74, 6) is -53.3. The first-order valence-corrected chi connectivity index (χ1v) is 4.99. The van der Waals surface area contributed by atoms with Gasteiger partial charge in [-0.3, -0.25) is 0 Å². The largest absolute Gasteiger partial charge is 3.00 e. The van der Waals surface area contributed by atoms with Gasteiger partial charge in [0, 0.05) is 0 Å². The van der Waals surface area contributed by atoms with Crippen LogP contribution in [0.15, 0.2) is 0 Å². The number of hydrogen-bond acceptors (Lipinski definition) is 2. The van der Waals surface area contributed by atoms with E-state index in [1.807, 2.05) is 0 Å². The minimum absolute atomic E-state index is 0. The van der Waals surface area contributed by atoms with Gasteiger partial charge in [-0.25, -0.2) is 0 Å². The zero-order chi connectivity index (χ0) is 21.1. The summed E-state index contributed by atoms with van der Waals surface area (Å²) in [4.78, 5) is 9.61. The third-order valence-electron chi connectivity index (χ3n) is 2.58. The van der Waals surface area contributed by atoms with Gasteiger partial charge < -0.3 is 9.90 Å². The molecule has 26 heavy (non-hydrogen) atoms. The van der Waals surface area contributed by atoms with Gasteiger partial charge in [-0.2, -0.15) is 65.9 Å². The van der Waals surface area contributed by atoms with Crippen LogP contribution in [-0.2, 0) is 22.2 Å². The third-order valence-corrected chi connectivity index (χ3v) is 2.58. The van der Waals surface area contributed by atoms with E-state index in [0.717, 1.165) is 0 Å². The fourth-order valence-electron chi connectivity index (χ4n) is 1.09. The predicted octanol–water partition coefficient (Wildman–Crippen LogP) is 3.11. The number of carbonyl (C=O) groups is 1. The number of halogens is 15. The van der Waals surface area contributed by atoms with E-state index in [-0.39, 0.29) is 17.4 Å². The Morgan fingerprint density at radius 3 is 0.962 bits per heavy atom. The summed E-state index contributed by atoms with van der Waals surface area (Å²) in [6, 6.07) is 0. The Morgan fingerprint density at radius 1 is 0.500 bits per heavy atom. The molecule has 1 radical (unpaired) electrons. The maximum absolute atomic E-state index is 12.8. The smallest absolute Gasteiger partial charge is 0.544 e. The number of carboxylic acid groups (broad SMARTS) is 1. The second kappa shape index (κ2) is 6.53. The van der Waals surface area contributed by atoms with E-state index in [1.54, 1.807) is 0 Å². The Kier molecular flexibility index (Phi) is 6.83. The summed E-state index contributed by atoms with van der Waals surface area (Å²) in [5.41, 5.74) is 0. The van der Waals surface area contributed by atoms with E-state index >= 15 is 0 Å². The molecule has 0 saturated heterocycles. The molecule has 0 unspecified atom stereocenters. The zero-order valence-corrected chi connectivity index (χ0v) is 12.2. The molecule has 18 heteroatoms. The Balaban J connectivity index is 0. The van der Waals surface area contributed by atoms with Crippen LogP contribution in [0.5, 0.6) is 0 Å². The monoisotopic (exact) mass is 465 g/mol. The number of carbonyl (C=O) groups excluding carboxylic acids is 1. The van der Waals surface area contributed by atoms with Gasteiger partial charge in [0.25, 0.3) is 0 Å². The fraction of sp³-hybridized carbons (Fsp3) is 0.875. The van der Waals surface area contributed by atoms with Crippen molar-refractivity contribution in [2.75, 3.05) is 0 Å². The van der Waals surface area contributed by atoms with Crippen molar-refractivity contribution in [2.24, 2.45) is 0 Å². The van der Waals surface area contributed by atoms with Crippen LogP contribution in [0.1, 0.15) is 0 Å². The van der Waals surface area contributed by atoms with Crippen LogP contribution in [-0.4, -0.2) is 47.7 Å². The first-order valence-electron chi connectivity index (χ1n) is 4.99. The summed E-state index contributed by atoms with van der Waals surface area (Å²) in [6.07, 6.45) is -7.71. The number of alkyl halides is 15. The average molecular weight is 465 g/mol. The molecule has 0 aromatic rings. The Hall–Kier alpha value is -1.05. The molecule has 0 rings (SSSR count). The van der Waals surface area contributed by atoms with Gasteiger partial charge in [0.1, 0.15) is 5.97 Å². The van der Waals surface area contributed by atoms with E-state index in [0.29, 0.717) is 0 Å². The predicted molar refractivity (Wildman–Crippen MR) is 40.7 cm³/mol. The second-order valence-electron chi connectivity index (χ2n) is 4.23. The topological polar surface area (TPSA) is 40.1 Å². The Labute approximate surface area is 142 Å². The molecule has 0 fully saturated rings.